The number of halogens is 9. The summed E-state index contributed by atoms with van der Waals surface area (Å²) in [5.74, 6) is -0.910. The van der Waals surface area contributed by atoms with Gasteiger partial charge >= 0.3 is 30.6 Å². The third-order valence-corrected chi connectivity index (χ3v) is 9.14. The number of nitrogens with one attached hydrogen (secondary N) is 1. The monoisotopic (exact) mass is 684 g/mol. The fourth-order valence-electron chi connectivity index (χ4n) is 6.34. The van der Waals surface area contributed by atoms with Gasteiger partial charge in [-0.05, 0) is 69.5 Å². The minimum Gasteiger partial charge on any atom is -0.480 e. The summed E-state index contributed by atoms with van der Waals surface area (Å²) in [6.45, 7) is 9.65. The summed E-state index contributed by atoms with van der Waals surface area (Å²) < 4.78 is 120. The molecule has 0 aromatic heterocycles. The molecule has 2 fully saturated rings. The molecule has 2 heterocycles. The van der Waals surface area contributed by atoms with Gasteiger partial charge in [0.05, 0.1) is 6.54 Å². The second-order valence-corrected chi connectivity index (χ2v) is 12.8. The van der Waals surface area contributed by atoms with E-state index < -0.39 is 47.7 Å². The number of ether oxygens (including phenoxy) is 1. The molecular formula is C29H45F9N4O4. The number of amides is 1. The van der Waals surface area contributed by atoms with E-state index in [-0.39, 0.29) is 37.5 Å². The van der Waals surface area contributed by atoms with Crippen LogP contribution in [0.3, 0.4) is 0 Å². The van der Waals surface area contributed by atoms with Gasteiger partial charge in [0, 0.05) is 44.3 Å². The zero-order valence-corrected chi connectivity index (χ0v) is 26.5. The average Bonchev–Trinajstić information content (AvgIpc) is 2.89. The van der Waals surface area contributed by atoms with Crippen molar-refractivity contribution in [2.24, 2.45) is 10.8 Å². The van der Waals surface area contributed by atoms with E-state index in [1.807, 2.05) is 35.9 Å². The van der Waals surface area contributed by atoms with Crippen LogP contribution in [0.4, 0.5) is 44.3 Å². The fraction of sp³-hybridized carbons (Fsp3) is 0.862. The van der Waals surface area contributed by atoms with Gasteiger partial charge in [-0.25, -0.2) is 4.79 Å². The number of alkyl carbamates (subject to hydrolysis) is 1. The molecule has 0 saturated carbocycles. The number of rotatable bonds is 15. The smallest absolute Gasteiger partial charge is 0.434 e. The Bertz CT molecular complexity index is 1020. The van der Waals surface area contributed by atoms with Gasteiger partial charge in [0.15, 0.2) is 0 Å². The Labute approximate surface area is 263 Å². The van der Waals surface area contributed by atoms with Crippen LogP contribution in [-0.4, -0.2) is 121 Å². The average molecular weight is 685 g/mol. The molecule has 1 spiro atoms. The molecule has 0 radical (unpaired) electrons. The summed E-state index contributed by atoms with van der Waals surface area (Å²) in [5.41, 5.74) is -1.39. The number of hydrogen-bond acceptors (Lipinski definition) is 6. The molecule has 0 bridgehead atoms. The van der Waals surface area contributed by atoms with Gasteiger partial charge in [0.2, 0.25) is 0 Å². The van der Waals surface area contributed by atoms with Crippen LogP contribution in [0.5, 0.6) is 0 Å². The first-order valence-electron chi connectivity index (χ1n) is 15.3. The van der Waals surface area contributed by atoms with Crippen LogP contribution >= 0.6 is 0 Å². The number of piperidine rings is 1. The van der Waals surface area contributed by atoms with Crippen molar-refractivity contribution in [1.82, 2.24) is 20.0 Å². The number of carbonyl (C=O) groups excluding carboxylic acids is 1. The van der Waals surface area contributed by atoms with Crippen LogP contribution < -0.4 is 5.32 Å². The molecule has 1 amide bonds. The molecule has 8 nitrogen and oxygen atoms in total. The molecule has 2 aliphatic rings. The second kappa shape index (κ2) is 15.8. The summed E-state index contributed by atoms with van der Waals surface area (Å²) in [7, 11) is 0. The topological polar surface area (TPSA) is 85.4 Å². The molecule has 17 heteroatoms. The summed E-state index contributed by atoms with van der Waals surface area (Å²) in [6, 6.07) is -0.339. The van der Waals surface area contributed by atoms with Crippen molar-refractivity contribution >= 4 is 12.1 Å². The third-order valence-electron chi connectivity index (χ3n) is 9.14. The molecule has 2 saturated heterocycles. The lowest BCUT2D eigenvalue weighted by Crippen LogP contribution is -2.66. The van der Waals surface area contributed by atoms with E-state index in [1.165, 1.54) is 6.08 Å². The minimum absolute atomic E-state index is 0.0503. The first-order valence-corrected chi connectivity index (χ1v) is 15.3. The van der Waals surface area contributed by atoms with Gasteiger partial charge in [0.25, 0.3) is 6.10 Å². The maximum atomic E-state index is 13.4. The summed E-state index contributed by atoms with van der Waals surface area (Å²) in [6.07, 6.45) is -18.4. The Morgan fingerprint density at radius 2 is 1.57 bits per heavy atom. The molecule has 0 aliphatic carbocycles. The van der Waals surface area contributed by atoms with Crippen molar-refractivity contribution in [3.05, 3.63) is 11.6 Å². The number of carboxylic acids is 1. The number of hydrogen-bond donors (Lipinski definition) is 2. The zero-order chi connectivity index (χ0) is 35.1. The van der Waals surface area contributed by atoms with Crippen molar-refractivity contribution in [1.29, 1.82) is 0 Å². The van der Waals surface area contributed by atoms with Gasteiger partial charge in [-0.2, -0.15) is 39.5 Å². The Morgan fingerprint density at radius 3 is 2.02 bits per heavy atom. The zero-order valence-electron chi connectivity index (χ0n) is 26.5. The number of allylic oxidation sites excluding steroid dienone is 1. The highest BCUT2D eigenvalue weighted by atomic mass is 19.4. The van der Waals surface area contributed by atoms with E-state index in [4.69, 9.17) is 5.11 Å². The highest BCUT2D eigenvalue weighted by Crippen LogP contribution is 2.46. The van der Waals surface area contributed by atoms with Gasteiger partial charge in [-0.15, -0.1) is 0 Å². The van der Waals surface area contributed by atoms with Crippen molar-refractivity contribution in [2.75, 3.05) is 58.9 Å². The molecule has 268 valence electrons. The van der Waals surface area contributed by atoms with Crippen molar-refractivity contribution < 1.29 is 58.9 Å². The minimum atomic E-state index is -5.84. The van der Waals surface area contributed by atoms with E-state index in [0.717, 1.165) is 19.8 Å². The largest absolute Gasteiger partial charge is 0.480 e. The number of aliphatic carboxylic acids is 1. The molecule has 2 unspecified atom stereocenters. The second-order valence-electron chi connectivity index (χ2n) is 12.8. The van der Waals surface area contributed by atoms with Crippen molar-refractivity contribution in [2.45, 2.75) is 90.5 Å². The number of carboxylic acid groups (broad SMARTS) is 1. The van der Waals surface area contributed by atoms with Crippen molar-refractivity contribution in [3.63, 3.8) is 0 Å². The SMILES string of the molecule is CCCN(CCNC(=O)OC(C(F)(F)F)C(F)(F)F)CC(C)(CC)C(C/C=C(\C)C(F)(F)F)N1CC2(CCN(CC(=O)O)CC2)C1. The molecule has 2 N–H and O–H groups in total. The number of carbonyl (C=O) groups is 2. The van der Waals surface area contributed by atoms with E-state index in [0.29, 0.717) is 52.1 Å². The maximum absolute atomic E-state index is 13.4. The van der Waals surface area contributed by atoms with E-state index >= 15 is 0 Å². The number of likely N-dealkylation sites (tertiary alicyclic amines) is 2. The van der Waals surface area contributed by atoms with Crippen LogP contribution in [0.25, 0.3) is 0 Å². The Morgan fingerprint density at radius 1 is 1.00 bits per heavy atom. The Hall–Kier alpha value is -2.27. The molecule has 2 aliphatic heterocycles. The van der Waals surface area contributed by atoms with Crippen LogP contribution in [0.1, 0.15) is 59.8 Å². The summed E-state index contributed by atoms with van der Waals surface area (Å²) in [4.78, 5) is 28.8. The first-order chi connectivity index (χ1) is 21.0. The fourth-order valence-corrected chi connectivity index (χ4v) is 6.34. The van der Waals surface area contributed by atoms with Crippen LogP contribution in [0.15, 0.2) is 11.6 Å². The van der Waals surface area contributed by atoms with Crippen molar-refractivity contribution in [3.8, 4) is 0 Å². The normalized spacial score (nSPS) is 20.5. The predicted octanol–water partition coefficient (Wildman–Crippen LogP) is 6.08. The van der Waals surface area contributed by atoms with E-state index in [1.54, 1.807) is 0 Å². The van der Waals surface area contributed by atoms with Gasteiger partial charge < -0.3 is 20.1 Å². The molecule has 2 atom stereocenters. The lowest BCUT2D eigenvalue weighted by atomic mass is 9.67. The molecule has 0 aromatic rings. The van der Waals surface area contributed by atoms with Gasteiger partial charge in [-0.3, -0.25) is 14.6 Å². The molecule has 2 rings (SSSR count). The number of nitrogens with zero attached hydrogens (tertiary/aromatic N) is 3. The Balaban J connectivity index is 2.16. The highest BCUT2D eigenvalue weighted by molar-refractivity contribution is 5.69. The summed E-state index contributed by atoms with van der Waals surface area (Å²) >= 11 is 0. The Kier molecular flexibility index (Phi) is 13.7. The summed E-state index contributed by atoms with van der Waals surface area (Å²) in [5, 5.41) is 11.0. The quantitative estimate of drug-likeness (QED) is 0.160. The van der Waals surface area contributed by atoms with E-state index in [9.17, 15) is 49.1 Å². The third kappa shape index (κ3) is 11.5. The van der Waals surface area contributed by atoms with Crippen LogP contribution in [0, 0.1) is 10.8 Å². The van der Waals surface area contributed by atoms with Crippen LogP contribution in [-0.2, 0) is 9.53 Å². The molecule has 46 heavy (non-hydrogen) atoms. The molecular weight excluding hydrogens is 639 g/mol. The highest BCUT2D eigenvalue weighted by Gasteiger charge is 2.60. The molecule has 0 aromatic carbocycles. The lowest BCUT2D eigenvalue weighted by molar-refractivity contribution is -0.307. The lowest BCUT2D eigenvalue weighted by Gasteiger charge is -2.59. The van der Waals surface area contributed by atoms with Gasteiger partial charge in [0.1, 0.15) is 0 Å². The number of alkyl halides is 9. The van der Waals surface area contributed by atoms with Gasteiger partial charge in [-0.1, -0.05) is 26.8 Å². The predicted molar refractivity (Wildman–Crippen MR) is 151 cm³/mol. The van der Waals surface area contributed by atoms with Crippen LogP contribution in [0.2, 0.25) is 0 Å². The van der Waals surface area contributed by atoms with E-state index in [2.05, 4.69) is 9.64 Å². The first kappa shape index (κ1) is 39.9. The maximum Gasteiger partial charge on any atom is 0.434 e. The standard InChI is InChI=1S/C29H45F9N4O4/c1-5-12-41(15-11-39-24(45)46-23(28(33,34)35)29(36,37)38)17-25(4,6-2)21(8-7-20(3)27(30,31)32)42-18-26(19-42)9-13-40(14-10-26)16-22(43)44/h7,21,23H,5-6,8-19H2,1-4H3,(H,39,45)(H,43,44)/b20-7+.